The Morgan fingerprint density at radius 3 is 2.59 bits per heavy atom. The van der Waals surface area contributed by atoms with Crippen molar-refractivity contribution >= 4 is 27.3 Å². The number of nitrogens with one attached hydrogen (secondary N) is 3. The largest absolute Gasteiger partial charge is 0.381 e. The highest BCUT2D eigenvalue weighted by molar-refractivity contribution is 7.89. The first-order valence-electron chi connectivity index (χ1n) is 11.7. The number of sulfonamides is 1. The molecule has 34 heavy (non-hydrogen) atoms. The molecule has 1 aromatic rings. The van der Waals surface area contributed by atoms with Gasteiger partial charge in [0.1, 0.15) is 5.54 Å². The molecule has 0 aromatic heterocycles. The Morgan fingerprint density at radius 1 is 1.24 bits per heavy atom. The highest BCUT2D eigenvalue weighted by Crippen LogP contribution is 2.28. The molecule has 2 aliphatic rings. The maximum Gasteiger partial charge on any atom is 0.243 e. The number of morpholine rings is 1. The summed E-state index contributed by atoms with van der Waals surface area (Å²) in [5.41, 5.74) is 0.170. The third-order valence-corrected chi connectivity index (χ3v) is 8.26. The lowest BCUT2D eigenvalue weighted by atomic mass is 9.90. The van der Waals surface area contributed by atoms with Gasteiger partial charge in [-0.15, -0.1) is 0 Å². The molecule has 3 N–H and O–H groups in total. The lowest BCUT2D eigenvalue weighted by Crippen LogP contribution is -2.50. The zero-order chi connectivity index (χ0) is 24.8. The van der Waals surface area contributed by atoms with Crippen LogP contribution in [-0.4, -0.2) is 76.3 Å². The van der Waals surface area contributed by atoms with Gasteiger partial charge in [-0.3, -0.25) is 4.79 Å². The van der Waals surface area contributed by atoms with Crippen LogP contribution < -0.4 is 16.0 Å². The van der Waals surface area contributed by atoms with Gasteiger partial charge in [-0.25, -0.2) is 8.42 Å². The van der Waals surface area contributed by atoms with E-state index in [2.05, 4.69) is 22.0 Å². The maximum absolute atomic E-state index is 13.1. The van der Waals surface area contributed by atoms with Gasteiger partial charge in [0.25, 0.3) is 0 Å². The number of nitrogens with zero attached hydrogens (tertiary/aromatic N) is 2. The molecule has 3 rings (SSSR count). The number of nitriles is 1. The number of amides is 1. The van der Waals surface area contributed by atoms with Crippen LogP contribution in [0.25, 0.3) is 0 Å². The van der Waals surface area contributed by atoms with E-state index in [9.17, 15) is 18.5 Å². The number of benzene rings is 1. The lowest BCUT2D eigenvalue weighted by molar-refractivity contribution is -0.121. The summed E-state index contributed by atoms with van der Waals surface area (Å²) in [7, 11) is -3.70. The Morgan fingerprint density at radius 2 is 1.97 bits per heavy atom. The van der Waals surface area contributed by atoms with Crippen LogP contribution in [0.15, 0.2) is 23.1 Å². The number of ether oxygens (including phenoxy) is 2. The van der Waals surface area contributed by atoms with Gasteiger partial charge in [-0.05, 0) is 43.9 Å². The molecule has 1 amide bonds. The van der Waals surface area contributed by atoms with E-state index >= 15 is 0 Å². The second-order valence-electron chi connectivity index (χ2n) is 9.11. The Labute approximate surface area is 202 Å². The molecule has 2 aliphatic heterocycles. The van der Waals surface area contributed by atoms with E-state index < -0.39 is 15.6 Å². The average molecular weight is 494 g/mol. The van der Waals surface area contributed by atoms with E-state index in [4.69, 9.17) is 9.47 Å². The van der Waals surface area contributed by atoms with Crippen molar-refractivity contribution in [3.63, 3.8) is 0 Å². The van der Waals surface area contributed by atoms with Crippen molar-refractivity contribution in [3.8, 4) is 6.07 Å². The maximum atomic E-state index is 13.1. The van der Waals surface area contributed by atoms with Crippen LogP contribution in [0, 0.1) is 17.2 Å². The van der Waals surface area contributed by atoms with E-state index in [0.29, 0.717) is 44.2 Å². The van der Waals surface area contributed by atoms with Crippen molar-refractivity contribution in [3.05, 3.63) is 18.2 Å². The molecule has 2 fully saturated rings. The van der Waals surface area contributed by atoms with Gasteiger partial charge in [-0.2, -0.15) is 9.57 Å². The van der Waals surface area contributed by atoms with E-state index in [1.54, 1.807) is 25.1 Å². The Kier molecular flexibility index (Phi) is 8.76. The second-order valence-corrected chi connectivity index (χ2v) is 11.0. The van der Waals surface area contributed by atoms with Crippen LogP contribution >= 0.6 is 0 Å². The van der Waals surface area contributed by atoms with Crippen LogP contribution in [0.3, 0.4) is 0 Å². The molecular weight excluding hydrogens is 458 g/mol. The van der Waals surface area contributed by atoms with Gasteiger partial charge in [0, 0.05) is 26.2 Å². The minimum atomic E-state index is -3.70. The minimum Gasteiger partial charge on any atom is -0.381 e. The van der Waals surface area contributed by atoms with Gasteiger partial charge in [0.05, 0.1) is 48.2 Å². The summed E-state index contributed by atoms with van der Waals surface area (Å²) < 4.78 is 38.6. The van der Waals surface area contributed by atoms with Crippen LogP contribution in [0.1, 0.15) is 33.6 Å². The first kappa shape index (κ1) is 26.2. The molecular formula is C23H35N5O5S. The van der Waals surface area contributed by atoms with E-state index in [1.165, 1.54) is 4.31 Å². The van der Waals surface area contributed by atoms with Crippen molar-refractivity contribution in [1.29, 1.82) is 5.26 Å². The number of carbonyl (C=O) groups is 1. The first-order valence-corrected chi connectivity index (χ1v) is 13.1. The summed E-state index contributed by atoms with van der Waals surface area (Å²) in [6, 6.07) is 6.97. The summed E-state index contributed by atoms with van der Waals surface area (Å²) in [5.74, 6) is -0.434. The highest BCUT2D eigenvalue weighted by Gasteiger charge is 2.30. The van der Waals surface area contributed by atoms with Gasteiger partial charge in [0.2, 0.25) is 15.9 Å². The second kappa shape index (κ2) is 11.4. The number of anilines is 2. The Balaban J connectivity index is 1.78. The topological polar surface area (TPSA) is 133 Å². The van der Waals surface area contributed by atoms with E-state index in [0.717, 1.165) is 19.4 Å². The fourth-order valence-corrected chi connectivity index (χ4v) is 5.19. The van der Waals surface area contributed by atoms with Crippen molar-refractivity contribution in [2.24, 2.45) is 5.92 Å². The fourth-order valence-electron chi connectivity index (χ4n) is 3.76. The molecule has 2 saturated heterocycles. The molecule has 0 bridgehead atoms. The van der Waals surface area contributed by atoms with Crippen molar-refractivity contribution in [1.82, 2.24) is 9.62 Å². The SMILES string of the molecule is CC(C)C(C)(C#N)NC(=O)CNc1cc(S(=O)(=O)N2CCOCC2)ccc1NCC1CCCO1. The minimum absolute atomic E-state index is 0.0768. The molecule has 0 radical (unpaired) electrons. The standard InChI is InChI=1S/C23H35N5O5S/c1-17(2)23(3,16-24)27-22(29)15-26-21-13-19(34(30,31)28-8-11-32-12-9-28)6-7-20(21)25-14-18-5-4-10-33-18/h6-7,13,17-18,25-26H,4-5,8-12,14-15H2,1-3H3,(H,27,29). The van der Waals surface area contributed by atoms with Crippen LogP contribution in [0.5, 0.6) is 0 Å². The van der Waals surface area contributed by atoms with Gasteiger partial charge in [0.15, 0.2) is 0 Å². The summed E-state index contributed by atoms with van der Waals surface area (Å²) >= 11 is 0. The summed E-state index contributed by atoms with van der Waals surface area (Å²) in [5, 5.41) is 18.6. The monoisotopic (exact) mass is 493 g/mol. The number of hydrogen-bond acceptors (Lipinski definition) is 8. The molecule has 0 aliphatic carbocycles. The molecule has 10 nitrogen and oxygen atoms in total. The van der Waals surface area contributed by atoms with Crippen molar-refractivity contribution < 1.29 is 22.7 Å². The normalized spacial score (nSPS) is 21.0. The number of rotatable bonds is 10. The highest BCUT2D eigenvalue weighted by atomic mass is 32.2. The lowest BCUT2D eigenvalue weighted by Gasteiger charge is -2.28. The average Bonchev–Trinajstić information content (AvgIpc) is 3.35. The van der Waals surface area contributed by atoms with Gasteiger partial charge < -0.3 is 25.4 Å². The molecule has 188 valence electrons. The summed E-state index contributed by atoms with van der Waals surface area (Å²) in [6.45, 7) is 7.94. The zero-order valence-corrected chi connectivity index (χ0v) is 20.9. The molecule has 11 heteroatoms. The first-order chi connectivity index (χ1) is 16.2. The van der Waals surface area contributed by atoms with Gasteiger partial charge >= 0.3 is 0 Å². The fraction of sp³-hybridized carbons (Fsp3) is 0.652. The third-order valence-electron chi connectivity index (χ3n) is 6.37. The van der Waals surface area contributed by atoms with E-state index in [-0.39, 0.29) is 29.4 Å². The molecule has 2 heterocycles. The molecule has 2 unspecified atom stereocenters. The third kappa shape index (κ3) is 6.39. The van der Waals surface area contributed by atoms with E-state index in [1.807, 2.05) is 13.8 Å². The smallest absolute Gasteiger partial charge is 0.243 e. The van der Waals surface area contributed by atoms with Crippen LogP contribution in [0.4, 0.5) is 11.4 Å². The number of hydrogen-bond donors (Lipinski definition) is 3. The molecule has 2 atom stereocenters. The quantitative estimate of drug-likeness (QED) is 0.449. The summed E-state index contributed by atoms with van der Waals surface area (Å²) in [6.07, 6.45) is 2.07. The molecule has 0 saturated carbocycles. The van der Waals surface area contributed by atoms with Crippen LogP contribution in [0.2, 0.25) is 0 Å². The Bertz CT molecular complexity index is 997. The predicted molar refractivity (Wildman–Crippen MR) is 129 cm³/mol. The predicted octanol–water partition coefficient (Wildman–Crippen LogP) is 1.76. The summed E-state index contributed by atoms with van der Waals surface area (Å²) in [4.78, 5) is 12.7. The zero-order valence-electron chi connectivity index (χ0n) is 20.1. The molecule has 0 spiro atoms. The molecule has 1 aromatic carbocycles. The van der Waals surface area contributed by atoms with Gasteiger partial charge in [-0.1, -0.05) is 13.8 Å². The van der Waals surface area contributed by atoms with Crippen molar-refractivity contribution in [2.75, 3.05) is 56.6 Å². The van der Waals surface area contributed by atoms with Crippen molar-refractivity contribution in [2.45, 2.75) is 50.2 Å². The number of carbonyl (C=O) groups excluding carboxylic acids is 1. The Hall–Kier alpha value is -2.39. The van der Waals surface area contributed by atoms with Crippen LogP contribution in [-0.2, 0) is 24.3 Å².